The van der Waals surface area contributed by atoms with Gasteiger partial charge < -0.3 is 25.2 Å². The standard InChI is InChI=1S/C30H44O5/c1-3-5-9-19-26(31)27-30(34,22-25-17-12-8-13-18-25)28(32,21-24-15-10-7-11-16-24)23-29(33,35-27)20-14-6-4-2/h7-8,10-13,15-18,26-27,31-34H,3-6,9,14,19-23H2,1-2H3/t26?,27-,28-,29+,30-/m1/s1. The third kappa shape index (κ3) is 6.93. The molecule has 0 radical (unpaired) electrons. The first-order valence-corrected chi connectivity index (χ1v) is 13.4. The topological polar surface area (TPSA) is 90.2 Å². The summed E-state index contributed by atoms with van der Waals surface area (Å²) in [5, 5.41) is 47.5. The van der Waals surface area contributed by atoms with E-state index in [2.05, 4.69) is 13.8 Å². The SMILES string of the molecule is CCCCCC(O)[C@H]1O[C@@](O)(CCCCC)C[C@](O)(Cc2ccccc2)[C@@]1(O)Cc1ccccc1. The minimum absolute atomic E-state index is 0.109. The smallest absolute Gasteiger partial charge is 0.168 e. The van der Waals surface area contributed by atoms with Crippen LogP contribution in [0.1, 0.15) is 82.8 Å². The van der Waals surface area contributed by atoms with Crippen LogP contribution in [0.15, 0.2) is 60.7 Å². The number of aliphatic hydroxyl groups is 4. The van der Waals surface area contributed by atoms with E-state index in [0.29, 0.717) is 12.8 Å². The first-order valence-electron chi connectivity index (χ1n) is 13.4. The monoisotopic (exact) mass is 484 g/mol. The van der Waals surface area contributed by atoms with Gasteiger partial charge in [-0.1, -0.05) is 107 Å². The molecule has 5 atom stereocenters. The summed E-state index contributed by atoms with van der Waals surface area (Å²) in [6.07, 6.45) is 4.16. The van der Waals surface area contributed by atoms with Gasteiger partial charge in [0.05, 0.1) is 6.10 Å². The van der Waals surface area contributed by atoms with E-state index in [1.54, 1.807) is 0 Å². The summed E-state index contributed by atoms with van der Waals surface area (Å²) in [6, 6.07) is 19.1. The second-order valence-electron chi connectivity index (χ2n) is 10.5. The Hall–Kier alpha value is -1.76. The third-order valence-corrected chi connectivity index (χ3v) is 7.47. The molecule has 1 saturated heterocycles. The van der Waals surface area contributed by atoms with E-state index in [1.807, 2.05) is 60.7 Å². The van der Waals surface area contributed by atoms with E-state index in [4.69, 9.17) is 4.74 Å². The molecule has 1 aliphatic heterocycles. The molecule has 4 N–H and O–H groups in total. The van der Waals surface area contributed by atoms with Gasteiger partial charge in [-0.05, 0) is 24.0 Å². The van der Waals surface area contributed by atoms with Gasteiger partial charge in [0.25, 0.3) is 0 Å². The van der Waals surface area contributed by atoms with E-state index < -0.39 is 29.2 Å². The molecule has 1 unspecified atom stereocenters. The van der Waals surface area contributed by atoms with Crippen LogP contribution in [0.25, 0.3) is 0 Å². The fourth-order valence-corrected chi connectivity index (χ4v) is 5.52. The van der Waals surface area contributed by atoms with Gasteiger partial charge in [0.15, 0.2) is 5.79 Å². The second-order valence-corrected chi connectivity index (χ2v) is 10.5. The van der Waals surface area contributed by atoms with E-state index in [-0.39, 0.29) is 19.3 Å². The van der Waals surface area contributed by atoms with Crippen molar-refractivity contribution in [1.29, 1.82) is 0 Å². The molecule has 1 aliphatic rings. The highest BCUT2D eigenvalue weighted by Gasteiger charge is 2.64. The normalized spacial score (nSPS) is 29.7. The molecular formula is C30H44O5. The fourth-order valence-electron chi connectivity index (χ4n) is 5.52. The van der Waals surface area contributed by atoms with Crippen LogP contribution in [0, 0.1) is 0 Å². The number of benzene rings is 2. The maximum atomic E-state index is 12.3. The van der Waals surface area contributed by atoms with Crippen molar-refractivity contribution in [3.63, 3.8) is 0 Å². The Morgan fingerprint density at radius 2 is 1.34 bits per heavy atom. The highest BCUT2D eigenvalue weighted by Crippen LogP contribution is 2.48. The Morgan fingerprint density at radius 1 is 0.800 bits per heavy atom. The van der Waals surface area contributed by atoms with Crippen molar-refractivity contribution in [1.82, 2.24) is 0 Å². The van der Waals surface area contributed by atoms with Gasteiger partial charge in [0, 0.05) is 25.7 Å². The first-order chi connectivity index (χ1) is 16.8. The average Bonchev–Trinajstić information content (AvgIpc) is 2.83. The predicted octanol–water partition coefficient (Wildman–Crippen LogP) is 4.93. The van der Waals surface area contributed by atoms with Gasteiger partial charge in [-0.25, -0.2) is 0 Å². The molecule has 1 heterocycles. The molecule has 0 aliphatic carbocycles. The highest BCUT2D eigenvalue weighted by atomic mass is 16.6. The summed E-state index contributed by atoms with van der Waals surface area (Å²) in [7, 11) is 0. The number of hydrogen-bond donors (Lipinski definition) is 4. The molecule has 2 aromatic carbocycles. The number of unbranched alkanes of at least 4 members (excludes halogenated alkanes) is 4. The van der Waals surface area contributed by atoms with Gasteiger partial charge in [-0.3, -0.25) is 0 Å². The average molecular weight is 485 g/mol. The van der Waals surface area contributed by atoms with Crippen molar-refractivity contribution in [2.45, 2.75) is 114 Å². The lowest BCUT2D eigenvalue weighted by Crippen LogP contribution is -2.74. The summed E-state index contributed by atoms with van der Waals surface area (Å²) < 4.78 is 6.23. The summed E-state index contributed by atoms with van der Waals surface area (Å²) in [5.41, 5.74) is -1.81. The Bertz CT molecular complexity index is 875. The molecular weight excluding hydrogens is 440 g/mol. The molecule has 5 heteroatoms. The molecule has 5 nitrogen and oxygen atoms in total. The first kappa shape index (κ1) is 27.8. The lowest BCUT2D eigenvalue weighted by Gasteiger charge is -2.57. The van der Waals surface area contributed by atoms with Crippen LogP contribution in [0.4, 0.5) is 0 Å². The summed E-state index contributed by atoms with van der Waals surface area (Å²) in [4.78, 5) is 0. The minimum atomic E-state index is -1.80. The number of aliphatic hydroxyl groups excluding tert-OH is 1. The number of hydrogen-bond acceptors (Lipinski definition) is 5. The second kappa shape index (κ2) is 12.5. The highest BCUT2D eigenvalue weighted by molar-refractivity contribution is 5.26. The van der Waals surface area contributed by atoms with Crippen molar-refractivity contribution < 1.29 is 25.2 Å². The Morgan fingerprint density at radius 3 is 1.91 bits per heavy atom. The lowest BCUT2D eigenvalue weighted by molar-refractivity contribution is -0.372. The van der Waals surface area contributed by atoms with Crippen molar-refractivity contribution in [3.05, 3.63) is 71.8 Å². The molecule has 2 aromatic rings. The van der Waals surface area contributed by atoms with Crippen molar-refractivity contribution in [3.8, 4) is 0 Å². The van der Waals surface area contributed by atoms with Crippen LogP contribution in [0.2, 0.25) is 0 Å². The summed E-state index contributed by atoms with van der Waals surface area (Å²) >= 11 is 0. The van der Waals surface area contributed by atoms with Crippen LogP contribution < -0.4 is 0 Å². The van der Waals surface area contributed by atoms with E-state index in [1.165, 1.54) is 0 Å². The zero-order valence-corrected chi connectivity index (χ0v) is 21.4. The molecule has 0 amide bonds. The van der Waals surface area contributed by atoms with E-state index in [9.17, 15) is 20.4 Å². The summed E-state index contributed by atoms with van der Waals surface area (Å²) in [5.74, 6) is -1.63. The summed E-state index contributed by atoms with van der Waals surface area (Å²) in [6.45, 7) is 4.19. The minimum Gasteiger partial charge on any atom is -0.390 e. The molecule has 3 rings (SSSR count). The maximum Gasteiger partial charge on any atom is 0.168 e. The molecule has 0 bridgehead atoms. The number of ether oxygens (including phenoxy) is 1. The molecule has 0 saturated carbocycles. The fraction of sp³-hybridized carbons (Fsp3) is 0.600. The zero-order valence-electron chi connectivity index (χ0n) is 21.4. The lowest BCUT2D eigenvalue weighted by atomic mass is 9.64. The zero-order chi connectivity index (χ0) is 25.4. The quantitative estimate of drug-likeness (QED) is 0.303. The van der Waals surface area contributed by atoms with Crippen molar-refractivity contribution in [2.75, 3.05) is 0 Å². The van der Waals surface area contributed by atoms with Crippen molar-refractivity contribution in [2.24, 2.45) is 0 Å². The van der Waals surface area contributed by atoms with Gasteiger partial charge in [0.1, 0.15) is 17.3 Å². The Kier molecular flexibility index (Phi) is 9.91. The molecule has 0 spiro atoms. The Labute approximate surface area is 210 Å². The Balaban J connectivity index is 2.04. The van der Waals surface area contributed by atoms with Crippen molar-refractivity contribution >= 4 is 0 Å². The molecule has 194 valence electrons. The van der Waals surface area contributed by atoms with E-state index in [0.717, 1.165) is 49.7 Å². The maximum absolute atomic E-state index is 12.3. The van der Waals surface area contributed by atoms with Gasteiger partial charge in [-0.15, -0.1) is 0 Å². The third-order valence-electron chi connectivity index (χ3n) is 7.47. The van der Waals surface area contributed by atoms with Gasteiger partial charge >= 0.3 is 0 Å². The van der Waals surface area contributed by atoms with E-state index >= 15 is 0 Å². The number of rotatable bonds is 13. The molecule has 1 fully saturated rings. The molecule has 35 heavy (non-hydrogen) atoms. The van der Waals surface area contributed by atoms with Crippen LogP contribution in [-0.2, 0) is 17.6 Å². The largest absolute Gasteiger partial charge is 0.390 e. The van der Waals surface area contributed by atoms with Gasteiger partial charge in [-0.2, -0.15) is 0 Å². The van der Waals surface area contributed by atoms with Crippen LogP contribution >= 0.6 is 0 Å². The van der Waals surface area contributed by atoms with Crippen LogP contribution in [0.3, 0.4) is 0 Å². The predicted molar refractivity (Wildman–Crippen MR) is 139 cm³/mol. The van der Waals surface area contributed by atoms with Crippen LogP contribution in [-0.4, -0.2) is 49.6 Å². The van der Waals surface area contributed by atoms with Crippen LogP contribution in [0.5, 0.6) is 0 Å². The molecule has 0 aromatic heterocycles. The van der Waals surface area contributed by atoms with Gasteiger partial charge in [0.2, 0.25) is 0 Å².